The quantitative estimate of drug-likeness (QED) is 0.517. The Labute approximate surface area is 178 Å². The molecule has 1 amide bonds. The molecule has 4 rings (SSSR count). The number of anilines is 1. The number of nitrogens with zero attached hydrogens (tertiary/aromatic N) is 4. The topological polar surface area (TPSA) is 80.7 Å². The molecule has 0 aromatic carbocycles. The summed E-state index contributed by atoms with van der Waals surface area (Å²) in [5.74, 6) is 1.27. The highest BCUT2D eigenvalue weighted by molar-refractivity contribution is 8.01. The largest absolute Gasteiger partial charge is 0.300 e. The van der Waals surface area contributed by atoms with Gasteiger partial charge in [-0.3, -0.25) is 10.1 Å². The zero-order valence-electron chi connectivity index (χ0n) is 16.3. The molecule has 1 fully saturated rings. The Balaban J connectivity index is 1.50. The number of thioether (sulfide) groups is 2. The summed E-state index contributed by atoms with van der Waals surface area (Å²) in [4.78, 5) is 22.0. The van der Waals surface area contributed by atoms with Crippen LogP contribution in [0.2, 0.25) is 0 Å². The predicted octanol–water partition coefficient (Wildman–Crippen LogP) is 4.78. The van der Waals surface area contributed by atoms with E-state index >= 15 is 0 Å². The van der Waals surface area contributed by atoms with Crippen LogP contribution in [0, 0.1) is 5.92 Å². The number of amides is 1. The van der Waals surface area contributed by atoms with Gasteiger partial charge in [0.15, 0.2) is 0 Å². The summed E-state index contributed by atoms with van der Waals surface area (Å²) in [6.45, 7) is 6.41. The standard InChI is InChI=1S/C19H25N5OS3/c1-4-12(16(25)22-19-24-23-14(5-2)28-19)26-17-15-11-7-6-10(3)8-13(11)27-18(15)21-9-20-17/h9-13H,4-8H2,1-3H3,(H,22,24,25). The van der Waals surface area contributed by atoms with E-state index in [4.69, 9.17) is 0 Å². The monoisotopic (exact) mass is 435 g/mol. The molecule has 0 radical (unpaired) electrons. The summed E-state index contributed by atoms with van der Waals surface area (Å²) in [5.41, 5.74) is 1.28. The molecular formula is C19H25N5OS3. The van der Waals surface area contributed by atoms with Gasteiger partial charge in [-0.05, 0) is 31.6 Å². The molecule has 9 heteroatoms. The van der Waals surface area contributed by atoms with Crippen LogP contribution in [0.3, 0.4) is 0 Å². The third-order valence-corrected chi connectivity index (χ3v) is 9.15. The van der Waals surface area contributed by atoms with Crippen LogP contribution in [0.1, 0.15) is 62.9 Å². The lowest BCUT2D eigenvalue weighted by molar-refractivity contribution is -0.115. The zero-order chi connectivity index (χ0) is 19.7. The Bertz CT molecular complexity index is 858. The van der Waals surface area contributed by atoms with Crippen LogP contribution in [0.15, 0.2) is 16.4 Å². The maximum Gasteiger partial charge on any atom is 0.239 e. The number of rotatable bonds is 6. The number of hydrogen-bond acceptors (Lipinski definition) is 8. The molecule has 0 bridgehead atoms. The van der Waals surface area contributed by atoms with Crippen molar-refractivity contribution in [2.75, 3.05) is 5.32 Å². The average molecular weight is 436 g/mol. The minimum atomic E-state index is -0.209. The van der Waals surface area contributed by atoms with Crippen LogP contribution in [0.5, 0.6) is 0 Å². The molecule has 150 valence electrons. The second kappa shape index (κ2) is 8.67. The smallest absolute Gasteiger partial charge is 0.239 e. The number of carbonyl (C=O) groups excluding carboxylic acids is 1. The van der Waals surface area contributed by atoms with E-state index in [2.05, 4.69) is 32.4 Å². The van der Waals surface area contributed by atoms with Crippen molar-refractivity contribution in [3.8, 4) is 0 Å². The van der Waals surface area contributed by atoms with Gasteiger partial charge in [0.25, 0.3) is 0 Å². The number of aromatic nitrogens is 4. The lowest BCUT2D eigenvalue weighted by atomic mass is 9.80. The summed E-state index contributed by atoms with van der Waals surface area (Å²) < 4.78 is 0. The van der Waals surface area contributed by atoms with Gasteiger partial charge in [-0.15, -0.1) is 22.0 Å². The van der Waals surface area contributed by atoms with Crippen molar-refractivity contribution in [1.82, 2.24) is 20.2 Å². The second-order valence-electron chi connectivity index (χ2n) is 7.44. The summed E-state index contributed by atoms with van der Waals surface area (Å²) >= 11 is 4.92. The van der Waals surface area contributed by atoms with Gasteiger partial charge in [0.2, 0.25) is 11.0 Å². The summed E-state index contributed by atoms with van der Waals surface area (Å²) in [7, 11) is 0. The van der Waals surface area contributed by atoms with E-state index in [0.717, 1.165) is 33.8 Å². The minimum absolute atomic E-state index is 0.0295. The van der Waals surface area contributed by atoms with E-state index in [0.29, 0.717) is 16.3 Å². The van der Waals surface area contributed by atoms with Crippen LogP contribution < -0.4 is 5.32 Å². The highest BCUT2D eigenvalue weighted by Gasteiger charge is 2.40. The maximum atomic E-state index is 12.8. The molecule has 0 saturated heterocycles. The predicted molar refractivity (Wildman–Crippen MR) is 115 cm³/mol. The van der Waals surface area contributed by atoms with Crippen LogP contribution >= 0.6 is 34.9 Å². The maximum absolute atomic E-state index is 12.8. The van der Waals surface area contributed by atoms with Crippen LogP contribution in [-0.4, -0.2) is 36.6 Å². The molecule has 1 aliphatic carbocycles. The molecule has 0 spiro atoms. The molecule has 1 saturated carbocycles. The molecule has 6 nitrogen and oxygen atoms in total. The van der Waals surface area contributed by atoms with Crippen molar-refractivity contribution in [2.24, 2.45) is 5.92 Å². The molecule has 2 aliphatic rings. The minimum Gasteiger partial charge on any atom is -0.300 e. The molecular weight excluding hydrogens is 410 g/mol. The van der Waals surface area contributed by atoms with E-state index in [1.54, 1.807) is 18.1 Å². The molecule has 2 aromatic rings. The molecule has 3 heterocycles. The summed E-state index contributed by atoms with van der Waals surface area (Å²) in [6.07, 6.45) is 6.90. The van der Waals surface area contributed by atoms with E-state index in [9.17, 15) is 4.79 Å². The Hall–Kier alpha value is -1.19. The van der Waals surface area contributed by atoms with Crippen LogP contribution in [0.25, 0.3) is 0 Å². The van der Waals surface area contributed by atoms with Gasteiger partial charge in [0.05, 0.1) is 5.25 Å². The third-order valence-electron chi connectivity index (χ3n) is 5.42. The Kier molecular flexibility index (Phi) is 6.22. The Morgan fingerprint density at radius 2 is 2.18 bits per heavy atom. The summed E-state index contributed by atoms with van der Waals surface area (Å²) in [6, 6.07) is 0. The molecule has 1 aliphatic heterocycles. The molecule has 28 heavy (non-hydrogen) atoms. The first kappa shape index (κ1) is 20.1. The van der Waals surface area contributed by atoms with Crippen molar-refractivity contribution in [3.63, 3.8) is 0 Å². The van der Waals surface area contributed by atoms with Crippen molar-refractivity contribution < 1.29 is 4.79 Å². The lowest BCUT2D eigenvalue weighted by Gasteiger charge is -2.29. The summed E-state index contributed by atoms with van der Waals surface area (Å²) in [5, 5.41) is 15.1. The normalized spacial score (nSPS) is 24.5. The zero-order valence-corrected chi connectivity index (χ0v) is 18.8. The van der Waals surface area contributed by atoms with Crippen LogP contribution in [0.4, 0.5) is 5.13 Å². The van der Waals surface area contributed by atoms with Gasteiger partial charge in [-0.1, -0.05) is 50.3 Å². The first-order valence-electron chi connectivity index (χ1n) is 9.90. The van der Waals surface area contributed by atoms with Gasteiger partial charge >= 0.3 is 0 Å². The fourth-order valence-electron chi connectivity index (χ4n) is 3.89. The van der Waals surface area contributed by atoms with Gasteiger partial charge in [0, 0.05) is 16.7 Å². The van der Waals surface area contributed by atoms with Crippen molar-refractivity contribution in [3.05, 3.63) is 16.9 Å². The van der Waals surface area contributed by atoms with Gasteiger partial charge in [-0.25, -0.2) is 9.97 Å². The number of carbonyl (C=O) groups is 1. The fraction of sp³-hybridized carbons (Fsp3) is 0.632. The van der Waals surface area contributed by atoms with E-state index in [1.807, 2.05) is 25.6 Å². The van der Waals surface area contributed by atoms with Crippen molar-refractivity contribution >= 4 is 45.9 Å². The first-order valence-corrected chi connectivity index (χ1v) is 12.5. The molecule has 4 unspecified atom stereocenters. The van der Waals surface area contributed by atoms with Crippen LogP contribution in [-0.2, 0) is 11.2 Å². The highest BCUT2D eigenvalue weighted by atomic mass is 32.2. The highest BCUT2D eigenvalue weighted by Crippen LogP contribution is 2.54. The third kappa shape index (κ3) is 4.07. The van der Waals surface area contributed by atoms with Gasteiger partial charge in [0.1, 0.15) is 21.4 Å². The fourth-order valence-corrected chi connectivity index (χ4v) is 7.35. The van der Waals surface area contributed by atoms with E-state index in [-0.39, 0.29) is 11.2 Å². The molecule has 4 atom stereocenters. The van der Waals surface area contributed by atoms with Gasteiger partial charge < -0.3 is 0 Å². The lowest BCUT2D eigenvalue weighted by Crippen LogP contribution is -2.25. The first-order chi connectivity index (χ1) is 13.6. The Morgan fingerprint density at radius 3 is 2.93 bits per heavy atom. The average Bonchev–Trinajstić information content (AvgIpc) is 3.29. The molecule has 2 aromatic heterocycles. The number of fused-ring (bicyclic) bond motifs is 3. The van der Waals surface area contributed by atoms with Gasteiger partial charge in [-0.2, -0.15) is 0 Å². The number of aryl methyl sites for hydroxylation is 1. The SMILES string of the molecule is CCc1nnc(NC(=O)C(CC)Sc2ncnc3c2C2CCC(C)CC2S3)s1. The van der Waals surface area contributed by atoms with E-state index < -0.39 is 0 Å². The number of hydrogen-bond donors (Lipinski definition) is 1. The molecule has 1 N–H and O–H groups in total. The Morgan fingerprint density at radius 1 is 1.32 bits per heavy atom. The van der Waals surface area contributed by atoms with E-state index in [1.165, 1.54) is 36.2 Å². The second-order valence-corrected chi connectivity index (χ2v) is 10.9. The van der Waals surface area contributed by atoms with Crippen molar-refractivity contribution in [1.29, 1.82) is 0 Å². The number of nitrogens with one attached hydrogen (secondary N) is 1. The van der Waals surface area contributed by atoms with Crippen molar-refractivity contribution in [2.45, 2.75) is 79.3 Å².